The van der Waals surface area contributed by atoms with E-state index in [2.05, 4.69) is 129 Å². The number of likely N-dealkylation sites (N-methyl/N-ethyl adjacent to an activating group) is 2. The molecule has 0 bridgehead atoms. The number of alkyl halides is 1. The van der Waals surface area contributed by atoms with Gasteiger partial charge in [-0.05, 0) is 141 Å². The van der Waals surface area contributed by atoms with E-state index in [-0.39, 0.29) is 49.7 Å². The number of aromatic amines is 1. The highest BCUT2D eigenvalue weighted by atomic mass is 35.5. The van der Waals surface area contributed by atoms with Gasteiger partial charge in [0.25, 0.3) is 23.6 Å². The highest BCUT2D eigenvalue weighted by Gasteiger charge is 2.47. The molecule has 4 atom stereocenters. The Kier molecular flexibility index (Phi) is 25.5. The lowest BCUT2D eigenvalue weighted by molar-refractivity contribution is -0.137. The Bertz CT molecular complexity index is 4810. The van der Waals surface area contributed by atoms with Crippen LogP contribution in [0.1, 0.15) is 125 Å². The summed E-state index contributed by atoms with van der Waals surface area (Å²) in [6.07, 6.45) is 4.02. The molecule has 0 saturated carbocycles. The molecule has 3 aromatic heterocycles. The van der Waals surface area contributed by atoms with Gasteiger partial charge < -0.3 is 39.3 Å². The Labute approximate surface area is 675 Å². The maximum absolute atomic E-state index is 13.3. The van der Waals surface area contributed by atoms with Crippen molar-refractivity contribution >= 4 is 98.5 Å². The number of carbonyl (C=O) groups excluding carboxylic acids is 8. The van der Waals surface area contributed by atoms with Crippen LogP contribution < -0.4 is 45.0 Å². The highest BCUT2D eigenvalue weighted by Crippen LogP contribution is 2.36. The molecule has 6 saturated heterocycles. The van der Waals surface area contributed by atoms with E-state index in [0.717, 1.165) is 221 Å². The number of halogens is 1. The minimum absolute atomic E-state index is 0.0823. The van der Waals surface area contributed by atoms with Crippen molar-refractivity contribution in [2.75, 3.05) is 177 Å². The van der Waals surface area contributed by atoms with Gasteiger partial charge in [-0.2, -0.15) is 5.10 Å². The Balaban J connectivity index is 0.000000158. The van der Waals surface area contributed by atoms with E-state index in [0.29, 0.717) is 46.8 Å². The molecule has 0 spiro atoms. The van der Waals surface area contributed by atoms with Crippen LogP contribution in [-0.4, -0.2) is 311 Å². The van der Waals surface area contributed by atoms with Crippen LogP contribution in [0.5, 0.6) is 11.5 Å². The van der Waals surface area contributed by atoms with Crippen molar-refractivity contribution < 1.29 is 47.8 Å². The normalized spacial score (nSPS) is 21.1. The minimum atomic E-state index is -0.964. The molecular formula is C83H104ClN21O10. The van der Waals surface area contributed by atoms with E-state index in [4.69, 9.17) is 26.1 Å². The van der Waals surface area contributed by atoms with E-state index in [1.165, 1.54) is 5.56 Å². The second-order valence-corrected chi connectivity index (χ2v) is 31.8. The molecule has 4 N–H and O–H groups in total. The quantitative estimate of drug-likeness (QED) is 0.0468. The van der Waals surface area contributed by atoms with Gasteiger partial charge >= 0.3 is 0 Å². The summed E-state index contributed by atoms with van der Waals surface area (Å²) in [4.78, 5) is 146. The molecule has 9 aliphatic rings. The van der Waals surface area contributed by atoms with Gasteiger partial charge in [0.15, 0.2) is 0 Å². The van der Waals surface area contributed by atoms with Gasteiger partial charge in [0.2, 0.25) is 23.6 Å². The zero-order valence-electron chi connectivity index (χ0n) is 66.9. The van der Waals surface area contributed by atoms with Crippen molar-refractivity contribution in [2.45, 2.75) is 110 Å². The molecule has 115 heavy (non-hydrogen) atoms. The molecule has 8 amide bonds. The number of ether oxygens (including phenoxy) is 2. The summed E-state index contributed by atoms with van der Waals surface area (Å²) >= 11 is 5.93. The highest BCUT2D eigenvalue weighted by molar-refractivity contribution is 6.25. The Morgan fingerprint density at radius 2 is 1.03 bits per heavy atom. The SMILES string of the molecule is CC(C)Oc1ccc2[nH]nc(-c3cc(N4CCN(CCN(C)CCN5CCN(c6ccc7c(c6)C(=O)N(C6CCC(=O)NC6=O)C7=O)CC5)[C@@H](C)C4)ncn3)c2c1.CC(C)Oc1ccc2c(c1)C(c1cc(N3CCN(CCCl)[C@@H](C)C3)ncn1)=NC2.CNCCN1CCN(c2ccc3c(c2)C(=O)N(C2CCC(=O)NC2=O)C3=O)CC1. The summed E-state index contributed by atoms with van der Waals surface area (Å²) in [5.41, 5.74) is 9.67. The third-order valence-electron chi connectivity index (χ3n) is 22.9. The standard InChI is InChI=1S/C41H51N11O5.C22H28ClN5O.C20H25N5O4/c1-26(2)57-29-6-8-33-32(22-29)38(46-45-33)34-23-36(43-25-42-34)51-20-19-49(27(3)24-51)16-12-47(4)11-13-48-14-17-50(18-15-48)28-5-7-30-31(21-28)41(56)52(40(30)55)35-9-10-37(53)44-39(35)54;1-15(2)29-18-5-4-17-12-24-22(19(17)10-18)20-11-21(26-14-25-20)28-9-8-27(7-6-23)16(3)13-28;1-21-6-7-23-8-10-24(11-9-23)13-2-3-14-15(12-13)20(29)25(19(14)28)16-4-5-17(26)22-18(16)27/h5-8,21-23,25-27,35H,9-20,24H2,1-4H3,(H,45,46)(H,44,53,54);4-5,10-11,14-16H,6-9,12-13H2,1-3H3;2-3,12,16,21H,4-11H2,1H3,(H,22,26,27)/t27-,35?;16-;/m00./s1. The van der Waals surface area contributed by atoms with E-state index < -0.39 is 47.5 Å². The molecule has 0 aliphatic carbocycles. The number of hydrogen-bond donors (Lipinski definition) is 4. The molecule has 6 fully saturated rings. The molecule has 7 aromatic rings. The van der Waals surface area contributed by atoms with Crippen LogP contribution in [0, 0.1) is 0 Å². The largest absolute Gasteiger partial charge is 0.491 e. The molecular weight excluding hydrogens is 1490 g/mol. The lowest BCUT2D eigenvalue weighted by Crippen LogP contribution is -2.54. The van der Waals surface area contributed by atoms with Crippen molar-refractivity contribution in [3.63, 3.8) is 0 Å². The molecule has 9 aliphatic heterocycles. The number of aromatic nitrogens is 6. The Hall–Kier alpha value is -10.4. The number of piperazine rings is 4. The van der Waals surface area contributed by atoms with Gasteiger partial charge in [-0.15, -0.1) is 11.6 Å². The van der Waals surface area contributed by atoms with Crippen molar-refractivity contribution in [3.05, 3.63) is 137 Å². The van der Waals surface area contributed by atoms with Crippen LogP contribution in [0.2, 0.25) is 0 Å². The molecule has 12 heterocycles. The number of nitrogens with one attached hydrogen (secondary N) is 4. The van der Waals surface area contributed by atoms with Gasteiger partial charge in [-0.25, -0.2) is 19.9 Å². The van der Waals surface area contributed by atoms with Gasteiger partial charge in [-0.1, -0.05) is 6.07 Å². The van der Waals surface area contributed by atoms with Crippen LogP contribution in [0.15, 0.2) is 103 Å². The first kappa shape index (κ1) is 81.2. The number of carbonyl (C=O) groups is 8. The number of imide groups is 4. The first-order valence-electron chi connectivity index (χ1n) is 40.2. The topological polar surface area (TPSA) is 319 Å². The van der Waals surface area contributed by atoms with E-state index in [9.17, 15) is 38.4 Å². The molecule has 0 radical (unpaired) electrons. The number of aliphatic imine (C=N–C) groups is 1. The average molecular weight is 1590 g/mol. The fourth-order valence-electron chi connectivity index (χ4n) is 16.5. The van der Waals surface area contributed by atoms with Gasteiger partial charge in [0, 0.05) is 203 Å². The zero-order valence-corrected chi connectivity index (χ0v) is 67.6. The van der Waals surface area contributed by atoms with Crippen molar-refractivity contribution in [2.24, 2.45) is 4.99 Å². The predicted molar refractivity (Wildman–Crippen MR) is 439 cm³/mol. The minimum Gasteiger partial charge on any atom is -0.491 e. The van der Waals surface area contributed by atoms with Crippen LogP contribution in [0.25, 0.3) is 22.3 Å². The monoisotopic (exact) mass is 1590 g/mol. The predicted octanol–water partition coefficient (Wildman–Crippen LogP) is 5.27. The van der Waals surface area contributed by atoms with Gasteiger partial charge in [0.1, 0.15) is 53.6 Å². The second kappa shape index (κ2) is 36.2. The zero-order chi connectivity index (χ0) is 80.7. The number of fused-ring (bicyclic) bond motifs is 4. The summed E-state index contributed by atoms with van der Waals surface area (Å²) in [7, 11) is 4.13. The van der Waals surface area contributed by atoms with E-state index in [1.807, 2.05) is 77.2 Å². The lowest BCUT2D eigenvalue weighted by Gasteiger charge is -2.41. The number of hydrogen-bond acceptors (Lipinski definition) is 26. The molecule has 32 heteroatoms. The fourth-order valence-corrected chi connectivity index (χ4v) is 16.7. The van der Waals surface area contributed by atoms with Gasteiger partial charge in [0.05, 0.1) is 63.6 Å². The second-order valence-electron chi connectivity index (χ2n) is 31.4. The summed E-state index contributed by atoms with van der Waals surface area (Å²) in [6, 6.07) is 25.8. The number of benzene rings is 4. The third-order valence-corrected chi connectivity index (χ3v) is 23.1. The summed E-state index contributed by atoms with van der Waals surface area (Å²) in [5.74, 6) is 0.368. The molecule has 31 nitrogen and oxygen atoms in total. The third kappa shape index (κ3) is 18.5. The molecule has 4 aromatic carbocycles. The number of nitrogens with zero attached hydrogens (tertiary/aromatic N) is 17. The lowest BCUT2D eigenvalue weighted by atomic mass is 10.0. The number of H-pyrrole nitrogens is 1. The van der Waals surface area contributed by atoms with E-state index in [1.54, 1.807) is 36.9 Å². The smallest absolute Gasteiger partial charge is 0.262 e. The van der Waals surface area contributed by atoms with Crippen molar-refractivity contribution in [3.8, 4) is 22.9 Å². The maximum Gasteiger partial charge on any atom is 0.262 e. The van der Waals surface area contributed by atoms with Crippen molar-refractivity contribution in [1.29, 1.82) is 0 Å². The maximum atomic E-state index is 13.3. The summed E-state index contributed by atoms with van der Waals surface area (Å²) in [5, 5.41) is 16.3. The fraction of sp³-hybridized carbons (Fsp3) is 0.494. The molecule has 608 valence electrons. The number of rotatable bonds is 23. The number of amides is 8. The van der Waals surface area contributed by atoms with Crippen LogP contribution in [0.3, 0.4) is 0 Å². The van der Waals surface area contributed by atoms with E-state index >= 15 is 0 Å². The Morgan fingerprint density at radius 1 is 0.530 bits per heavy atom. The average Bonchev–Trinajstić information content (AvgIpc) is 1.60. The molecule has 2 unspecified atom stereocenters. The van der Waals surface area contributed by atoms with Crippen LogP contribution >= 0.6 is 11.6 Å². The Morgan fingerprint density at radius 3 is 1.56 bits per heavy atom. The summed E-state index contributed by atoms with van der Waals surface area (Å²) in [6.45, 7) is 32.7. The van der Waals surface area contributed by atoms with Crippen LogP contribution in [0.4, 0.5) is 23.0 Å². The number of piperidine rings is 2. The molecule has 16 rings (SSSR count). The first-order chi connectivity index (χ1) is 55.6. The number of anilines is 4. The van der Waals surface area contributed by atoms with Crippen LogP contribution in [-0.2, 0) is 25.7 Å². The van der Waals surface area contributed by atoms with Gasteiger partial charge in [-0.3, -0.25) is 88.5 Å². The first-order valence-corrected chi connectivity index (χ1v) is 40.8. The summed E-state index contributed by atoms with van der Waals surface area (Å²) < 4.78 is 11.8. The van der Waals surface area contributed by atoms with Crippen molar-refractivity contribution in [1.82, 2.24) is 80.4 Å².